The molecule has 0 fully saturated rings. The van der Waals surface area contributed by atoms with Gasteiger partial charge in [0, 0.05) is 26.1 Å². The predicted molar refractivity (Wildman–Crippen MR) is 64.8 cm³/mol. The molecule has 4 nitrogen and oxygen atoms in total. The molecule has 0 heterocycles. The molecule has 0 radical (unpaired) electrons. The molecule has 92 valence electrons. The molecule has 0 spiro atoms. The van der Waals surface area contributed by atoms with Crippen LogP contribution in [-0.4, -0.2) is 37.0 Å². The van der Waals surface area contributed by atoms with Crippen LogP contribution in [0.3, 0.4) is 0 Å². The first kappa shape index (κ1) is 14.9. The van der Waals surface area contributed by atoms with Crippen LogP contribution in [0.15, 0.2) is 0 Å². The van der Waals surface area contributed by atoms with Gasteiger partial charge in [0.05, 0.1) is 12.6 Å². The number of nitrogens with one attached hydrogen (secondary N) is 1. The molecule has 0 aromatic heterocycles. The Morgan fingerprint density at radius 1 is 1.44 bits per heavy atom. The van der Waals surface area contributed by atoms with Gasteiger partial charge in [0.1, 0.15) is 0 Å². The summed E-state index contributed by atoms with van der Waals surface area (Å²) in [6, 6.07) is 2.12. The van der Waals surface area contributed by atoms with Gasteiger partial charge in [-0.1, -0.05) is 20.8 Å². The van der Waals surface area contributed by atoms with Crippen LogP contribution < -0.4 is 5.32 Å². The van der Waals surface area contributed by atoms with E-state index < -0.39 is 0 Å². The Morgan fingerprint density at radius 2 is 2.06 bits per heavy atom. The largest absolute Gasteiger partial charge is 0.355 e. The summed E-state index contributed by atoms with van der Waals surface area (Å²) in [4.78, 5) is 13.5. The predicted octanol–water partition coefficient (Wildman–Crippen LogP) is 1.38. The number of carbonyl (C=O) groups excluding carboxylic acids is 1. The van der Waals surface area contributed by atoms with Crippen molar-refractivity contribution in [1.82, 2.24) is 10.2 Å². The van der Waals surface area contributed by atoms with E-state index >= 15 is 0 Å². The zero-order chi connectivity index (χ0) is 12.6. The van der Waals surface area contributed by atoms with Crippen LogP contribution in [0.5, 0.6) is 0 Å². The fraction of sp³-hybridized carbons (Fsp3) is 0.833. The molecular weight excluding hydrogens is 202 g/mol. The number of hydrogen-bond acceptors (Lipinski definition) is 3. The lowest BCUT2D eigenvalue weighted by Gasteiger charge is -2.28. The monoisotopic (exact) mass is 225 g/mol. The van der Waals surface area contributed by atoms with Gasteiger partial charge in [0.15, 0.2) is 0 Å². The van der Waals surface area contributed by atoms with Crippen molar-refractivity contribution in [1.29, 1.82) is 5.26 Å². The molecule has 0 rings (SSSR count). The molecular formula is C12H23N3O. The second-order valence-corrected chi connectivity index (χ2v) is 5.13. The van der Waals surface area contributed by atoms with Gasteiger partial charge in [-0.05, 0) is 12.3 Å². The Labute approximate surface area is 98.6 Å². The van der Waals surface area contributed by atoms with Crippen molar-refractivity contribution in [3.05, 3.63) is 0 Å². The van der Waals surface area contributed by atoms with Crippen molar-refractivity contribution >= 4 is 5.91 Å². The molecule has 1 N–H and O–H groups in total. The lowest BCUT2D eigenvalue weighted by molar-refractivity contribution is -0.122. The van der Waals surface area contributed by atoms with E-state index in [1.165, 1.54) is 0 Å². The normalized spacial score (nSPS) is 11.2. The first-order valence-corrected chi connectivity index (χ1v) is 5.75. The fourth-order valence-corrected chi connectivity index (χ4v) is 1.55. The van der Waals surface area contributed by atoms with Crippen LogP contribution in [-0.2, 0) is 4.79 Å². The minimum Gasteiger partial charge on any atom is -0.355 e. The summed E-state index contributed by atoms with van der Waals surface area (Å²) in [6.45, 7) is 10.8. The van der Waals surface area contributed by atoms with Crippen LogP contribution >= 0.6 is 0 Å². The topological polar surface area (TPSA) is 56.1 Å². The van der Waals surface area contributed by atoms with E-state index in [4.69, 9.17) is 5.26 Å². The summed E-state index contributed by atoms with van der Waals surface area (Å²) in [5.41, 5.74) is 0.141. The van der Waals surface area contributed by atoms with Crippen molar-refractivity contribution in [3.63, 3.8) is 0 Å². The minimum absolute atomic E-state index is 0.0321. The molecule has 0 aromatic rings. The van der Waals surface area contributed by atoms with Gasteiger partial charge in [-0.2, -0.15) is 5.26 Å². The van der Waals surface area contributed by atoms with Gasteiger partial charge in [0.25, 0.3) is 0 Å². The molecule has 0 aliphatic heterocycles. The zero-order valence-electron chi connectivity index (χ0n) is 10.8. The van der Waals surface area contributed by atoms with E-state index in [1.807, 2.05) is 11.8 Å². The average molecular weight is 225 g/mol. The molecule has 0 saturated heterocycles. The van der Waals surface area contributed by atoms with Crippen LogP contribution in [0.2, 0.25) is 0 Å². The molecule has 0 saturated carbocycles. The van der Waals surface area contributed by atoms with E-state index in [9.17, 15) is 4.79 Å². The van der Waals surface area contributed by atoms with Crippen LogP contribution in [0.1, 0.15) is 34.1 Å². The summed E-state index contributed by atoms with van der Waals surface area (Å²) in [7, 11) is 0. The Hall–Kier alpha value is -1.08. The SMILES string of the molecule is CCNC(=O)CN(CCC#N)CC(C)(C)C. The van der Waals surface area contributed by atoms with Crippen molar-refractivity contribution in [2.24, 2.45) is 5.41 Å². The Balaban J connectivity index is 4.21. The maximum Gasteiger partial charge on any atom is 0.234 e. The first-order valence-electron chi connectivity index (χ1n) is 5.75. The Kier molecular flexibility index (Phi) is 6.75. The second kappa shape index (κ2) is 7.24. The molecule has 0 aromatic carbocycles. The molecule has 16 heavy (non-hydrogen) atoms. The van der Waals surface area contributed by atoms with Crippen molar-refractivity contribution in [3.8, 4) is 6.07 Å². The van der Waals surface area contributed by atoms with Gasteiger partial charge in [-0.15, -0.1) is 0 Å². The highest BCUT2D eigenvalue weighted by molar-refractivity contribution is 5.77. The van der Waals surface area contributed by atoms with Crippen LogP contribution in [0.25, 0.3) is 0 Å². The lowest BCUT2D eigenvalue weighted by Crippen LogP contribution is -2.41. The molecule has 4 heteroatoms. The average Bonchev–Trinajstić information content (AvgIpc) is 2.12. The van der Waals surface area contributed by atoms with E-state index in [-0.39, 0.29) is 11.3 Å². The third-order valence-electron chi connectivity index (χ3n) is 1.98. The van der Waals surface area contributed by atoms with E-state index in [0.29, 0.717) is 26.1 Å². The van der Waals surface area contributed by atoms with Gasteiger partial charge in [-0.25, -0.2) is 0 Å². The Bertz CT molecular complexity index is 250. The second-order valence-electron chi connectivity index (χ2n) is 5.13. The molecule has 0 aliphatic carbocycles. The lowest BCUT2D eigenvalue weighted by atomic mass is 9.96. The third-order valence-corrected chi connectivity index (χ3v) is 1.98. The fourth-order valence-electron chi connectivity index (χ4n) is 1.55. The zero-order valence-corrected chi connectivity index (χ0v) is 10.8. The number of likely N-dealkylation sites (N-methyl/N-ethyl adjacent to an activating group) is 1. The number of amides is 1. The van der Waals surface area contributed by atoms with Gasteiger partial charge >= 0.3 is 0 Å². The maximum atomic E-state index is 11.5. The highest BCUT2D eigenvalue weighted by Gasteiger charge is 2.18. The summed E-state index contributed by atoms with van der Waals surface area (Å²) in [5, 5.41) is 11.3. The standard InChI is InChI=1S/C12H23N3O/c1-5-14-11(16)9-15(8-6-7-13)10-12(2,3)4/h5-6,8-10H2,1-4H3,(H,14,16). The first-order chi connectivity index (χ1) is 7.39. The summed E-state index contributed by atoms with van der Waals surface area (Å²) < 4.78 is 0. The highest BCUT2D eigenvalue weighted by atomic mass is 16.2. The van der Waals surface area contributed by atoms with E-state index in [2.05, 4.69) is 32.2 Å². The van der Waals surface area contributed by atoms with Crippen molar-refractivity contribution in [2.45, 2.75) is 34.1 Å². The van der Waals surface area contributed by atoms with Crippen molar-refractivity contribution < 1.29 is 4.79 Å². The Morgan fingerprint density at radius 3 is 2.50 bits per heavy atom. The number of rotatable bonds is 6. The third kappa shape index (κ3) is 8.25. The number of carbonyl (C=O) groups is 1. The van der Waals surface area contributed by atoms with Gasteiger partial charge in [-0.3, -0.25) is 9.69 Å². The maximum absolute atomic E-state index is 11.5. The smallest absolute Gasteiger partial charge is 0.234 e. The molecule has 0 bridgehead atoms. The summed E-state index contributed by atoms with van der Waals surface area (Å²) in [5.74, 6) is 0.0321. The van der Waals surface area contributed by atoms with Crippen LogP contribution in [0.4, 0.5) is 0 Å². The van der Waals surface area contributed by atoms with Crippen molar-refractivity contribution in [2.75, 3.05) is 26.2 Å². The van der Waals surface area contributed by atoms with E-state index in [1.54, 1.807) is 0 Å². The molecule has 0 unspecified atom stereocenters. The van der Waals surface area contributed by atoms with E-state index in [0.717, 1.165) is 6.54 Å². The number of nitriles is 1. The molecule has 0 aliphatic rings. The summed E-state index contributed by atoms with van der Waals surface area (Å²) >= 11 is 0. The molecule has 1 amide bonds. The number of hydrogen-bond donors (Lipinski definition) is 1. The molecule has 0 atom stereocenters. The van der Waals surface area contributed by atoms with Crippen LogP contribution in [0, 0.1) is 16.7 Å². The highest BCUT2D eigenvalue weighted by Crippen LogP contribution is 2.15. The van der Waals surface area contributed by atoms with Gasteiger partial charge < -0.3 is 5.32 Å². The summed E-state index contributed by atoms with van der Waals surface area (Å²) in [6.07, 6.45) is 0.468. The quantitative estimate of drug-likeness (QED) is 0.743. The number of nitrogens with zero attached hydrogens (tertiary/aromatic N) is 2. The van der Waals surface area contributed by atoms with Gasteiger partial charge in [0.2, 0.25) is 5.91 Å². The minimum atomic E-state index is 0.0321.